The second kappa shape index (κ2) is 6.80. The summed E-state index contributed by atoms with van der Waals surface area (Å²) in [6.07, 6.45) is -5.05. The van der Waals surface area contributed by atoms with Crippen molar-refractivity contribution in [2.75, 3.05) is 5.32 Å². The van der Waals surface area contributed by atoms with Crippen LogP contribution in [0.4, 0.5) is 23.2 Å². The number of carbonyl (C=O) groups is 1. The van der Waals surface area contributed by atoms with Gasteiger partial charge in [-0.15, -0.1) is 0 Å². The van der Waals surface area contributed by atoms with Crippen molar-refractivity contribution in [2.24, 2.45) is 0 Å². The molecule has 0 aliphatic rings. The molecule has 23 heavy (non-hydrogen) atoms. The van der Waals surface area contributed by atoms with Gasteiger partial charge in [0.05, 0.1) is 10.7 Å². The van der Waals surface area contributed by atoms with Crippen LogP contribution in [-0.2, 0) is 4.79 Å². The fraction of sp³-hybridized carbons (Fsp3) is 0.133. The number of benzene rings is 2. The van der Waals surface area contributed by atoms with E-state index in [0.717, 1.165) is 29.5 Å². The molecular formula is C15H10ClF4NOS. The molecular weight excluding hydrogens is 354 g/mol. The minimum absolute atomic E-state index is 0.119. The maximum absolute atomic E-state index is 13.6. The zero-order valence-electron chi connectivity index (χ0n) is 11.7. The molecule has 0 saturated carbocycles. The molecule has 2 aromatic rings. The minimum atomic E-state index is -5.05. The van der Waals surface area contributed by atoms with Crippen LogP contribution >= 0.6 is 23.4 Å². The van der Waals surface area contributed by atoms with Crippen molar-refractivity contribution in [3.8, 4) is 0 Å². The highest BCUT2D eigenvalue weighted by atomic mass is 35.5. The monoisotopic (exact) mass is 363 g/mol. The summed E-state index contributed by atoms with van der Waals surface area (Å²) in [5.74, 6) is -2.93. The number of rotatable bonds is 3. The quantitative estimate of drug-likeness (QED) is 0.736. The molecule has 0 atom stereocenters. The van der Waals surface area contributed by atoms with E-state index in [2.05, 4.69) is 0 Å². The zero-order valence-corrected chi connectivity index (χ0v) is 13.2. The van der Waals surface area contributed by atoms with Gasteiger partial charge in [0.2, 0.25) is 0 Å². The summed E-state index contributed by atoms with van der Waals surface area (Å²) in [4.78, 5) is 11.9. The average molecular weight is 364 g/mol. The van der Waals surface area contributed by atoms with Gasteiger partial charge in [-0.2, -0.15) is 13.2 Å². The highest BCUT2D eigenvalue weighted by molar-refractivity contribution is 7.99. The normalized spacial score (nSPS) is 11.4. The molecule has 1 N–H and O–H groups in total. The van der Waals surface area contributed by atoms with E-state index in [1.165, 1.54) is 0 Å². The molecule has 2 rings (SSSR count). The third kappa shape index (κ3) is 4.62. The van der Waals surface area contributed by atoms with Gasteiger partial charge in [0.15, 0.2) is 0 Å². The van der Waals surface area contributed by atoms with Gasteiger partial charge in [-0.25, -0.2) is 4.39 Å². The van der Waals surface area contributed by atoms with Crippen LogP contribution in [0.3, 0.4) is 0 Å². The Morgan fingerprint density at radius 3 is 2.35 bits per heavy atom. The Morgan fingerprint density at radius 1 is 1.17 bits per heavy atom. The van der Waals surface area contributed by atoms with Crippen LogP contribution in [0, 0.1) is 12.7 Å². The molecule has 0 saturated heterocycles. The lowest BCUT2D eigenvalue weighted by Gasteiger charge is -2.13. The highest BCUT2D eigenvalue weighted by Crippen LogP contribution is 2.37. The molecule has 2 nitrogen and oxygen atoms in total. The van der Waals surface area contributed by atoms with Crippen LogP contribution in [0.1, 0.15) is 5.56 Å². The van der Waals surface area contributed by atoms with Crippen LogP contribution in [0.15, 0.2) is 46.2 Å². The van der Waals surface area contributed by atoms with Crippen molar-refractivity contribution in [1.82, 2.24) is 0 Å². The topological polar surface area (TPSA) is 29.1 Å². The number of nitrogens with one attached hydrogen (secondary N) is 1. The average Bonchev–Trinajstić information content (AvgIpc) is 2.45. The first kappa shape index (κ1) is 17.6. The Labute approximate surface area is 138 Å². The summed E-state index contributed by atoms with van der Waals surface area (Å²) in [6.45, 7) is 1.88. The largest absolute Gasteiger partial charge is 0.471 e. The zero-order chi connectivity index (χ0) is 17.2. The van der Waals surface area contributed by atoms with Gasteiger partial charge >= 0.3 is 12.1 Å². The van der Waals surface area contributed by atoms with Gasteiger partial charge in [0.25, 0.3) is 0 Å². The van der Waals surface area contributed by atoms with Gasteiger partial charge in [-0.05, 0) is 31.2 Å². The van der Waals surface area contributed by atoms with E-state index in [4.69, 9.17) is 11.6 Å². The number of aryl methyl sites for hydroxylation is 1. The Morgan fingerprint density at radius 2 is 1.78 bits per heavy atom. The maximum Gasteiger partial charge on any atom is 0.471 e. The number of hydrogen-bond donors (Lipinski definition) is 1. The molecule has 1 amide bonds. The molecule has 0 aliphatic heterocycles. The lowest BCUT2D eigenvalue weighted by atomic mass is 10.2. The number of amides is 1. The fourth-order valence-electron chi connectivity index (χ4n) is 1.64. The van der Waals surface area contributed by atoms with Crippen molar-refractivity contribution in [3.63, 3.8) is 0 Å². The number of carbonyl (C=O) groups excluding carboxylic acids is 1. The Hall–Kier alpha value is -1.73. The molecule has 0 heterocycles. The molecule has 8 heteroatoms. The van der Waals surface area contributed by atoms with E-state index < -0.39 is 17.9 Å². The van der Waals surface area contributed by atoms with Gasteiger partial charge < -0.3 is 5.32 Å². The summed E-state index contributed by atoms with van der Waals surface area (Å²) in [6, 6.07) is 9.03. The molecule has 0 aromatic heterocycles. The Kier molecular flexibility index (Phi) is 5.21. The summed E-state index contributed by atoms with van der Waals surface area (Å²) in [7, 11) is 0. The molecule has 0 fully saturated rings. The molecule has 122 valence electrons. The third-order valence-electron chi connectivity index (χ3n) is 2.78. The Bertz CT molecular complexity index is 731. The van der Waals surface area contributed by atoms with Crippen molar-refractivity contribution in [2.45, 2.75) is 22.9 Å². The van der Waals surface area contributed by atoms with Crippen molar-refractivity contribution in [1.29, 1.82) is 0 Å². The first-order chi connectivity index (χ1) is 10.7. The van der Waals surface area contributed by atoms with Gasteiger partial charge in [-0.1, -0.05) is 41.1 Å². The van der Waals surface area contributed by atoms with E-state index >= 15 is 0 Å². The molecule has 2 aromatic carbocycles. The summed E-state index contributed by atoms with van der Waals surface area (Å²) < 4.78 is 50.8. The van der Waals surface area contributed by atoms with Crippen LogP contribution < -0.4 is 5.32 Å². The number of alkyl halides is 3. The van der Waals surface area contributed by atoms with E-state index in [-0.39, 0.29) is 15.6 Å². The number of halogens is 5. The third-order valence-corrected chi connectivity index (χ3v) is 4.13. The maximum atomic E-state index is 13.6. The van der Waals surface area contributed by atoms with Crippen molar-refractivity contribution >= 4 is 35.0 Å². The fourth-order valence-corrected chi connectivity index (χ4v) is 2.71. The van der Waals surface area contributed by atoms with E-state index in [9.17, 15) is 22.4 Å². The van der Waals surface area contributed by atoms with Crippen LogP contribution in [-0.4, -0.2) is 12.1 Å². The lowest BCUT2D eigenvalue weighted by Crippen LogP contribution is -2.30. The van der Waals surface area contributed by atoms with Crippen LogP contribution in [0.2, 0.25) is 5.02 Å². The predicted octanol–water partition coefficient (Wildman–Crippen LogP) is 5.44. The summed E-state index contributed by atoms with van der Waals surface area (Å²) >= 11 is 6.61. The molecule has 0 aliphatic carbocycles. The Balaban J connectivity index is 2.35. The SMILES string of the molecule is Cc1ccc(Sc2cc(F)c(Cl)cc2NC(=O)C(F)(F)F)cc1. The van der Waals surface area contributed by atoms with E-state index in [1.807, 2.05) is 19.1 Å². The van der Waals surface area contributed by atoms with E-state index in [1.54, 1.807) is 17.4 Å². The predicted molar refractivity (Wildman–Crippen MR) is 81.4 cm³/mol. The molecule has 0 spiro atoms. The second-order valence-corrected chi connectivity index (χ2v) is 6.15. The minimum Gasteiger partial charge on any atom is -0.317 e. The van der Waals surface area contributed by atoms with Crippen molar-refractivity contribution in [3.05, 3.63) is 52.8 Å². The molecule has 0 bridgehead atoms. The first-order valence-electron chi connectivity index (χ1n) is 6.28. The lowest BCUT2D eigenvalue weighted by molar-refractivity contribution is -0.167. The molecule has 0 unspecified atom stereocenters. The highest BCUT2D eigenvalue weighted by Gasteiger charge is 2.39. The number of hydrogen-bond acceptors (Lipinski definition) is 2. The van der Waals surface area contributed by atoms with Gasteiger partial charge in [-0.3, -0.25) is 4.79 Å². The smallest absolute Gasteiger partial charge is 0.317 e. The van der Waals surface area contributed by atoms with Crippen LogP contribution in [0.25, 0.3) is 0 Å². The van der Waals surface area contributed by atoms with Gasteiger partial charge in [0, 0.05) is 9.79 Å². The number of anilines is 1. The van der Waals surface area contributed by atoms with Crippen molar-refractivity contribution < 1.29 is 22.4 Å². The first-order valence-corrected chi connectivity index (χ1v) is 7.48. The summed E-state index contributed by atoms with van der Waals surface area (Å²) in [5, 5.41) is 1.34. The standard InChI is InChI=1S/C15H10ClF4NOS/c1-8-2-4-9(5-3-8)23-13-7-11(17)10(16)6-12(13)21-14(22)15(18,19)20/h2-7H,1H3,(H,21,22). The summed E-state index contributed by atoms with van der Waals surface area (Å²) in [5.41, 5.74) is 0.798. The van der Waals surface area contributed by atoms with Crippen LogP contribution in [0.5, 0.6) is 0 Å². The van der Waals surface area contributed by atoms with E-state index in [0.29, 0.717) is 4.90 Å². The second-order valence-electron chi connectivity index (χ2n) is 4.63. The van der Waals surface area contributed by atoms with Gasteiger partial charge in [0.1, 0.15) is 5.82 Å². The molecule has 0 radical (unpaired) electrons.